The molecule has 0 saturated heterocycles. The maximum Gasteiger partial charge on any atom is 0.388 e. The fourth-order valence-corrected chi connectivity index (χ4v) is 2.17. The zero-order valence-corrected chi connectivity index (χ0v) is 12.0. The summed E-state index contributed by atoms with van der Waals surface area (Å²) in [6.07, 6.45) is 1.45. The second-order valence-electron chi connectivity index (χ2n) is 3.86. The topological polar surface area (TPSA) is 70.9 Å². The lowest BCUT2D eigenvalue weighted by Gasteiger charge is -2.04. The van der Waals surface area contributed by atoms with Crippen LogP contribution < -0.4 is 10.5 Å². The molecule has 0 spiro atoms. The second-order valence-corrected chi connectivity index (χ2v) is 4.68. The minimum atomic E-state index is -3.00. The number of hydrogen-bond acceptors (Lipinski definition) is 4. The van der Waals surface area contributed by atoms with Crippen LogP contribution in [-0.2, 0) is 7.05 Å². The normalized spacial score (nSPS) is 11.1. The van der Waals surface area contributed by atoms with Crippen molar-refractivity contribution in [2.24, 2.45) is 12.8 Å². The molecule has 2 aromatic rings. The molecule has 0 amide bonds. The number of ether oxygens (including phenoxy) is 1. The zero-order valence-electron chi connectivity index (χ0n) is 10.5. The van der Waals surface area contributed by atoms with Gasteiger partial charge >= 0.3 is 6.61 Å². The smallest absolute Gasteiger partial charge is 0.388 e. The Hall–Kier alpha value is -1.74. The lowest BCUT2D eigenvalue weighted by molar-refractivity contribution is -0.0552. The van der Waals surface area contributed by atoms with E-state index in [-0.39, 0.29) is 21.7 Å². The van der Waals surface area contributed by atoms with Crippen LogP contribution in [0.3, 0.4) is 0 Å². The van der Waals surface area contributed by atoms with E-state index in [0.29, 0.717) is 11.3 Å². The lowest BCUT2D eigenvalue weighted by atomic mass is 10.2. The molecule has 0 fully saturated rings. The predicted molar refractivity (Wildman–Crippen MR) is 72.6 cm³/mol. The van der Waals surface area contributed by atoms with Crippen molar-refractivity contribution in [2.45, 2.75) is 13.5 Å². The molecule has 0 radical (unpaired) electrons. The van der Waals surface area contributed by atoms with Crippen molar-refractivity contribution >= 4 is 28.8 Å². The van der Waals surface area contributed by atoms with E-state index < -0.39 is 6.61 Å². The van der Waals surface area contributed by atoms with Crippen LogP contribution >= 0.6 is 23.8 Å². The van der Waals surface area contributed by atoms with Crippen LogP contribution in [0.5, 0.6) is 5.88 Å². The quantitative estimate of drug-likeness (QED) is 0.870. The molecule has 2 aromatic heterocycles. The number of hydrogen-bond donors (Lipinski definition) is 1. The van der Waals surface area contributed by atoms with Gasteiger partial charge in [0, 0.05) is 7.05 Å². The van der Waals surface area contributed by atoms with Crippen molar-refractivity contribution in [3.05, 3.63) is 22.5 Å². The molecule has 2 heterocycles. The minimum Gasteiger partial charge on any atom is -0.415 e. The van der Waals surface area contributed by atoms with E-state index in [1.54, 1.807) is 6.92 Å². The molecular weight excluding hydrogens is 312 g/mol. The molecule has 0 aliphatic rings. The maximum atomic E-state index is 12.3. The summed E-state index contributed by atoms with van der Waals surface area (Å²) in [7, 11) is 1.43. The van der Waals surface area contributed by atoms with Gasteiger partial charge in [-0.15, -0.1) is 5.10 Å². The number of alkyl halides is 2. The van der Waals surface area contributed by atoms with Crippen molar-refractivity contribution in [2.75, 3.05) is 0 Å². The Morgan fingerprint density at radius 3 is 2.70 bits per heavy atom. The van der Waals surface area contributed by atoms with Crippen molar-refractivity contribution in [1.82, 2.24) is 19.6 Å². The molecule has 2 rings (SSSR count). The van der Waals surface area contributed by atoms with Gasteiger partial charge in [0.1, 0.15) is 10.0 Å². The number of halogens is 3. The van der Waals surface area contributed by atoms with Crippen LogP contribution in [0, 0.1) is 6.92 Å². The van der Waals surface area contributed by atoms with Gasteiger partial charge in [-0.1, -0.05) is 23.8 Å². The molecular formula is C10H10ClF2N5OS. The summed E-state index contributed by atoms with van der Waals surface area (Å²) in [5.74, 6) is -0.0896. The van der Waals surface area contributed by atoms with E-state index in [1.165, 1.54) is 17.9 Å². The van der Waals surface area contributed by atoms with E-state index >= 15 is 0 Å². The summed E-state index contributed by atoms with van der Waals surface area (Å²) in [4.78, 5) is 0.171. The maximum absolute atomic E-state index is 12.3. The highest BCUT2D eigenvalue weighted by molar-refractivity contribution is 7.80. The fourth-order valence-electron chi connectivity index (χ4n) is 1.68. The van der Waals surface area contributed by atoms with Crippen molar-refractivity contribution in [3.63, 3.8) is 0 Å². The Balaban J connectivity index is 2.52. The Labute approximate surface area is 123 Å². The van der Waals surface area contributed by atoms with Crippen LogP contribution in [-0.4, -0.2) is 31.2 Å². The standard InChI is InChI=1S/C10H10ClF2N5OS/c1-4-5(7(14)20)3-15-18(4)8-6(11)9(17(2)16-8)19-10(12)13/h3,10H,1-2H3,(H2,14,20). The van der Waals surface area contributed by atoms with Gasteiger partial charge < -0.3 is 10.5 Å². The monoisotopic (exact) mass is 321 g/mol. The molecule has 0 bridgehead atoms. The Bertz CT molecular complexity index is 669. The van der Waals surface area contributed by atoms with E-state index in [2.05, 4.69) is 14.9 Å². The van der Waals surface area contributed by atoms with Crippen molar-refractivity contribution in [1.29, 1.82) is 0 Å². The summed E-state index contributed by atoms with van der Waals surface area (Å²) in [5, 5.41) is 7.98. The van der Waals surface area contributed by atoms with Gasteiger partial charge in [0.15, 0.2) is 5.82 Å². The molecule has 10 heteroatoms. The van der Waals surface area contributed by atoms with Gasteiger partial charge in [0.25, 0.3) is 0 Å². The largest absolute Gasteiger partial charge is 0.415 e. The van der Waals surface area contributed by atoms with E-state index in [0.717, 1.165) is 4.68 Å². The first-order valence-corrected chi connectivity index (χ1v) is 6.13. The number of aromatic nitrogens is 4. The number of nitrogens with zero attached hydrogens (tertiary/aromatic N) is 4. The Morgan fingerprint density at radius 1 is 1.55 bits per heavy atom. The summed E-state index contributed by atoms with van der Waals surface area (Å²) >= 11 is 10.9. The van der Waals surface area contributed by atoms with Gasteiger partial charge in [-0.25, -0.2) is 9.36 Å². The van der Waals surface area contributed by atoms with Crippen LogP contribution in [0.2, 0.25) is 5.02 Å². The SMILES string of the molecule is Cc1c(C(N)=S)cnn1-c1nn(C)c(OC(F)F)c1Cl. The van der Waals surface area contributed by atoms with Crippen LogP contribution in [0.25, 0.3) is 5.82 Å². The Kier molecular flexibility index (Phi) is 3.91. The summed E-state index contributed by atoms with van der Waals surface area (Å²) in [5.41, 5.74) is 6.69. The average Bonchev–Trinajstić information content (AvgIpc) is 2.84. The van der Waals surface area contributed by atoms with Crippen LogP contribution in [0.15, 0.2) is 6.20 Å². The average molecular weight is 322 g/mol. The molecule has 0 unspecified atom stereocenters. The summed E-state index contributed by atoms with van der Waals surface area (Å²) < 4.78 is 31.4. The molecule has 0 saturated carbocycles. The first-order chi connectivity index (χ1) is 9.32. The van der Waals surface area contributed by atoms with Crippen molar-refractivity contribution in [3.8, 4) is 11.7 Å². The van der Waals surface area contributed by atoms with Gasteiger partial charge in [-0.05, 0) is 6.92 Å². The van der Waals surface area contributed by atoms with Crippen molar-refractivity contribution < 1.29 is 13.5 Å². The molecule has 0 aliphatic carbocycles. The highest BCUT2D eigenvalue weighted by Crippen LogP contribution is 2.31. The molecule has 108 valence electrons. The van der Waals surface area contributed by atoms with Gasteiger partial charge in [0.2, 0.25) is 5.88 Å². The van der Waals surface area contributed by atoms with Crippen LogP contribution in [0.4, 0.5) is 8.78 Å². The molecule has 0 aliphatic heterocycles. The fraction of sp³-hybridized carbons (Fsp3) is 0.300. The predicted octanol–water partition coefficient (Wildman–Crippen LogP) is 1.80. The Morgan fingerprint density at radius 2 is 2.20 bits per heavy atom. The third-order valence-electron chi connectivity index (χ3n) is 2.60. The van der Waals surface area contributed by atoms with Gasteiger partial charge in [-0.3, -0.25) is 0 Å². The number of thiocarbonyl (C=S) groups is 1. The first kappa shape index (κ1) is 14.7. The lowest BCUT2D eigenvalue weighted by Crippen LogP contribution is -2.11. The molecule has 2 N–H and O–H groups in total. The summed E-state index contributed by atoms with van der Waals surface area (Å²) in [6.45, 7) is -1.29. The minimum absolute atomic E-state index is 0.0755. The van der Waals surface area contributed by atoms with E-state index in [4.69, 9.17) is 29.6 Å². The van der Waals surface area contributed by atoms with E-state index in [9.17, 15) is 8.78 Å². The highest BCUT2D eigenvalue weighted by atomic mass is 35.5. The second kappa shape index (κ2) is 5.33. The van der Waals surface area contributed by atoms with Gasteiger partial charge in [-0.2, -0.15) is 13.9 Å². The first-order valence-electron chi connectivity index (χ1n) is 5.35. The highest BCUT2D eigenvalue weighted by Gasteiger charge is 2.22. The van der Waals surface area contributed by atoms with E-state index in [1.807, 2.05) is 0 Å². The number of rotatable bonds is 4. The molecule has 20 heavy (non-hydrogen) atoms. The zero-order chi connectivity index (χ0) is 15.0. The molecule has 6 nitrogen and oxygen atoms in total. The molecule has 0 aromatic carbocycles. The number of nitrogens with two attached hydrogens (primary N) is 1. The third kappa shape index (κ3) is 2.46. The van der Waals surface area contributed by atoms with Gasteiger partial charge in [0.05, 0.1) is 17.5 Å². The third-order valence-corrected chi connectivity index (χ3v) is 3.15. The van der Waals surface area contributed by atoms with Crippen LogP contribution in [0.1, 0.15) is 11.3 Å². The number of aryl methyl sites for hydroxylation is 1. The molecule has 0 atom stereocenters. The summed E-state index contributed by atoms with van der Waals surface area (Å²) in [6, 6.07) is 0.